The largest absolute Gasteiger partial charge is 0.456 e. The van der Waals surface area contributed by atoms with Crippen molar-refractivity contribution in [2.75, 3.05) is 18.5 Å². The second kappa shape index (κ2) is 11.7. The van der Waals surface area contributed by atoms with Gasteiger partial charge in [0, 0.05) is 35.0 Å². The zero-order chi connectivity index (χ0) is 29.5. The Bertz CT molecular complexity index is 1490. The predicted octanol–water partition coefficient (Wildman–Crippen LogP) is 6.35. The van der Waals surface area contributed by atoms with Gasteiger partial charge >= 0.3 is 5.97 Å². The number of hydrogen-bond acceptors (Lipinski definition) is 5. The van der Waals surface area contributed by atoms with Gasteiger partial charge in [0.25, 0.3) is 5.91 Å². The number of amides is 3. The number of benzene rings is 3. The molecule has 0 unspecified atom stereocenters. The molecule has 42 heavy (non-hydrogen) atoms. The first-order valence-electron chi connectivity index (χ1n) is 14.2. The van der Waals surface area contributed by atoms with Crippen molar-refractivity contribution in [1.82, 2.24) is 4.90 Å². The van der Waals surface area contributed by atoms with E-state index in [1.54, 1.807) is 19.1 Å². The van der Waals surface area contributed by atoms with Gasteiger partial charge in [0.2, 0.25) is 11.8 Å². The highest BCUT2D eigenvalue weighted by Gasteiger charge is 2.61. The lowest BCUT2D eigenvalue weighted by atomic mass is 9.55. The number of esters is 1. The molecule has 7 rings (SSSR count). The Balaban J connectivity index is 0.992. The third kappa shape index (κ3) is 4.94. The molecule has 7 nitrogen and oxygen atoms in total. The maximum absolute atomic E-state index is 13.7. The predicted molar refractivity (Wildman–Crippen MR) is 162 cm³/mol. The second-order valence-corrected chi connectivity index (χ2v) is 12.4. The van der Waals surface area contributed by atoms with Gasteiger partial charge in [-0.1, -0.05) is 66.6 Å². The monoisotopic (exact) mass is 648 g/mol. The number of imide groups is 1. The van der Waals surface area contributed by atoms with Crippen LogP contribution in [0.1, 0.15) is 65.3 Å². The average molecular weight is 650 g/mol. The van der Waals surface area contributed by atoms with Crippen molar-refractivity contribution in [3.63, 3.8) is 0 Å². The fourth-order valence-electron chi connectivity index (χ4n) is 6.87. The van der Waals surface area contributed by atoms with Crippen LogP contribution in [0.2, 0.25) is 5.02 Å². The maximum Gasteiger partial charge on any atom is 0.306 e. The minimum atomic E-state index is -0.470. The first-order valence-corrected chi connectivity index (χ1v) is 15.4. The van der Waals surface area contributed by atoms with E-state index >= 15 is 0 Å². The topological polar surface area (TPSA) is 92.8 Å². The fourth-order valence-corrected chi connectivity index (χ4v) is 7.46. The molecule has 2 bridgehead atoms. The van der Waals surface area contributed by atoms with Gasteiger partial charge in [0.15, 0.2) is 6.61 Å². The first-order chi connectivity index (χ1) is 20.3. The van der Waals surface area contributed by atoms with Crippen LogP contribution in [-0.4, -0.2) is 41.7 Å². The summed E-state index contributed by atoms with van der Waals surface area (Å²) in [6, 6.07) is 19.9. The number of nitrogens with one attached hydrogen (secondary N) is 1. The van der Waals surface area contributed by atoms with Crippen LogP contribution < -0.4 is 5.32 Å². The van der Waals surface area contributed by atoms with Crippen LogP contribution in [0.4, 0.5) is 5.69 Å². The molecule has 3 aromatic carbocycles. The summed E-state index contributed by atoms with van der Waals surface area (Å²) >= 11 is 9.53. The fraction of sp³-hybridized carbons (Fsp3) is 0.333. The van der Waals surface area contributed by atoms with Crippen molar-refractivity contribution in [2.45, 2.75) is 44.4 Å². The van der Waals surface area contributed by atoms with Crippen molar-refractivity contribution in [1.29, 1.82) is 0 Å². The summed E-state index contributed by atoms with van der Waals surface area (Å²) in [4.78, 5) is 53.2. The molecular formula is C33H30BrClN2O5. The zero-order valence-corrected chi connectivity index (χ0v) is 25.4. The Hall–Kier alpha value is -3.49. The lowest BCUT2D eigenvalue weighted by molar-refractivity contribution is -0.147. The number of likely N-dealkylation sites (tertiary alicyclic amines) is 1. The Morgan fingerprint density at radius 2 is 1.40 bits per heavy atom. The summed E-state index contributed by atoms with van der Waals surface area (Å²) in [5, 5.41) is 3.21. The number of carbonyl (C=O) groups excluding carboxylic acids is 4. The molecule has 216 valence electrons. The smallest absolute Gasteiger partial charge is 0.306 e. The molecular weight excluding hydrogens is 620 g/mol. The number of ether oxygens (including phenoxy) is 1. The average Bonchev–Trinajstić information content (AvgIpc) is 3.25. The van der Waals surface area contributed by atoms with E-state index in [0.29, 0.717) is 42.1 Å². The molecule has 1 saturated heterocycles. The SMILES string of the molecule is Cc1c(NC(=O)COC(=O)CCCCCN2C(=O)[C@H]3C4c5ccccc5C(c5ccccc54)[C@@H]3C2=O)ccc(Br)c1Cl. The standard InChI is InChI=1S/C33H30BrClN2O5/c1-18-24(15-14-23(34)31(18)35)36-25(38)17-42-26(39)13-3-2-8-16-37-32(40)29-27-19-9-4-5-10-20(19)28(30(29)33(37)41)22-12-7-6-11-21(22)27/h4-7,9-12,14-15,27-30H,2-3,8,13,16-17H2,1H3,(H,36,38)/t27?,28?,29-,30-/m0/s1. The van der Waals surface area contributed by atoms with Gasteiger partial charge in [-0.25, -0.2) is 0 Å². The number of hydrogen-bond donors (Lipinski definition) is 1. The quantitative estimate of drug-likeness (QED) is 0.166. The molecule has 3 aliphatic carbocycles. The Morgan fingerprint density at radius 1 is 0.857 bits per heavy atom. The van der Waals surface area contributed by atoms with Gasteiger partial charge in [-0.05, 0) is 75.6 Å². The zero-order valence-electron chi connectivity index (χ0n) is 23.1. The first kappa shape index (κ1) is 28.6. The Kier molecular flexibility index (Phi) is 7.94. The normalized spacial score (nSPS) is 21.5. The Labute approximate surface area is 257 Å². The molecule has 1 N–H and O–H groups in total. The molecule has 1 fully saturated rings. The van der Waals surface area contributed by atoms with Crippen LogP contribution in [-0.2, 0) is 23.9 Å². The van der Waals surface area contributed by atoms with Crippen molar-refractivity contribution in [3.8, 4) is 0 Å². The highest BCUT2D eigenvalue weighted by molar-refractivity contribution is 9.10. The summed E-state index contributed by atoms with van der Waals surface area (Å²) < 4.78 is 5.86. The molecule has 1 heterocycles. The van der Waals surface area contributed by atoms with Crippen LogP contribution in [0.5, 0.6) is 0 Å². The molecule has 0 saturated carbocycles. The van der Waals surface area contributed by atoms with Gasteiger partial charge in [-0.15, -0.1) is 0 Å². The molecule has 4 aliphatic rings. The van der Waals surface area contributed by atoms with Gasteiger partial charge in [-0.2, -0.15) is 0 Å². The highest BCUT2D eigenvalue weighted by Crippen LogP contribution is 2.60. The molecule has 3 amide bonds. The molecule has 0 radical (unpaired) electrons. The number of carbonyl (C=O) groups is 4. The summed E-state index contributed by atoms with van der Waals surface area (Å²) in [6.07, 6.45) is 1.94. The van der Waals surface area contributed by atoms with Crippen LogP contribution in [0.25, 0.3) is 0 Å². The summed E-state index contributed by atoms with van der Waals surface area (Å²) in [5.74, 6) is -2.04. The number of anilines is 1. The minimum Gasteiger partial charge on any atom is -0.456 e. The van der Waals surface area contributed by atoms with E-state index in [-0.39, 0.29) is 41.9 Å². The minimum absolute atomic E-state index is 0.0864. The van der Waals surface area contributed by atoms with Gasteiger partial charge in [0.05, 0.1) is 16.9 Å². The lowest BCUT2D eigenvalue weighted by Crippen LogP contribution is -2.41. The van der Waals surface area contributed by atoms with Crippen molar-refractivity contribution < 1.29 is 23.9 Å². The van der Waals surface area contributed by atoms with Crippen molar-refractivity contribution in [3.05, 3.63) is 98.0 Å². The summed E-state index contributed by atoms with van der Waals surface area (Å²) in [5.41, 5.74) is 5.90. The third-order valence-electron chi connectivity index (χ3n) is 8.78. The van der Waals surface area contributed by atoms with Gasteiger partial charge in [0.1, 0.15) is 0 Å². The van der Waals surface area contributed by atoms with Crippen molar-refractivity contribution >= 4 is 56.9 Å². The van der Waals surface area contributed by atoms with E-state index in [1.165, 1.54) is 4.90 Å². The molecule has 9 heteroatoms. The summed E-state index contributed by atoms with van der Waals surface area (Å²) in [6.45, 7) is 1.73. The van der Waals surface area contributed by atoms with E-state index < -0.39 is 18.5 Å². The molecule has 2 atom stereocenters. The number of halogens is 2. The van der Waals surface area contributed by atoms with Crippen LogP contribution in [0, 0.1) is 18.8 Å². The van der Waals surface area contributed by atoms with Gasteiger partial charge < -0.3 is 10.1 Å². The van der Waals surface area contributed by atoms with E-state index in [0.717, 1.165) is 26.7 Å². The number of nitrogens with zero attached hydrogens (tertiary/aromatic N) is 1. The Morgan fingerprint density at radius 3 is 1.95 bits per heavy atom. The van der Waals surface area contributed by atoms with E-state index in [2.05, 4.69) is 45.5 Å². The van der Waals surface area contributed by atoms with Crippen molar-refractivity contribution in [2.24, 2.45) is 11.8 Å². The van der Waals surface area contributed by atoms with E-state index in [9.17, 15) is 19.2 Å². The summed E-state index contributed by atoms with van der Waals surface area (Å²) in [7, 11) is 0. The van der Waals surface area contributed by atoms with Gasteiger partial charge in [-0.3, -0.25) is 24.1 Å². The molecule has 1 aliphatic heterocycles. The van der Waals surface area contributed by atoms with Crippen LogP contribution >= 0.6 is 27.5 Å². The van der Waals surface area contributed by atoms with Crippen LogP contribution in [0.15, 0.2) is 65.1 Å². The van der Waals surface area contributed by atoms with E-state index in [4.69, 9.17) is 16.3 Å². The molecule has 3 aromatic rings. The maximum atomic E-state index is 13.7. The molecule has 0 aromatic heterocycles. The second-order valence-electron chi connectivity index (χ2n) is 11.1. The lowest BCUT2D eigenvalue weighted by Gasteiger charge is -2.45. The molecule has 0 spiro atoms. The highest BCUT2D eigenvalue weighted by atomic mass is 79.9. The van der Waals surface area contributed by atoms with Crippen LogP contribution in [0.3, 0.4) is 0 Å². The number of unbranched alkanes of at least 4 members (excludes halogenated alkanes) is 2. The number of rotatable bonds is 9. The van der Waals surface area contributed by atoms with E-state index in [1.807, 2.05) is 24.3 Å². The third-order valence-corrected chi connectivity index (χ3v) is 10.2.